The minimum Gasteiger partial charge on any atom is -0.508 e. The lowest BCUT2D eigenvalue weighted by Crippen LogP contribution is -2.33. The van der Waals surface area contributed by atoms with Gasteiger partial charge in [0.2, 0.25) is 0 Å². The highest BCUT2D eigenvalue weighted by atomic mass is 16.5. The van der Waals surface area contributed by atoms with Crippen LogP contribution < -0.4 is 4.74 Å². The zero-order valence-corrected chi connectivity index (χ0v) is 20.7. The van der Waals surface area contributed by atoms with Gasteiger partial charge in [-0.3, -0.25) is 14.5 Å². The summed E-state index contributed by atoms with van der Waals surface area (Å²) in [5.74, 6) is -0.859. The first-order valence-electron chi connectivity index (χ1n) is 12.8. The summed E-state index contributed by atoms with van der Waals surface area (Å²) in [5.41, 5.74) is 1.66. The molecule has 0 radical (unpaired) electrons. The summed E-state index contributed by atoms with van der Waals surface area (Å²) in [4.78, 5) is 29.0. The fourth-order valence-corrected chi connectivity index (χ4v) is 5.43. The molecule has 3 N–H and O–H groups in total. The predicted molar refractivity (Wildman–Crippen MR) is 139 cm³/mol. The molecule has 192 valence electrons. The Labute approximate surface area is 215 Å². The number of phenolic OH excluding ortho intramolecular Hbond substituents is 3. The molecule has 7 nitrogen and oxygen atoms in total. The quantitative estimate of drug-likeness (QED) is 0.399. The van der Waals surface area contributed by atoms with Crippen molar-refractivity contribution in [2.45, 2.75) is 38.0 Å². The van der Waals surface area contributed by atoms with Gasteiger partial charge in [-0.1, -0.05) is 18.6 Å². The molecule has 0 saturated carbocycles. The highest BCUT2D eigenvalue weighted by Crippen LogP contribution is 2.42. The number of likely N-dealkylation sites (tertiary alicyclic amines) is 1. The number of carbonyl (C=O) groups excluding carboxylic acids is 2. The average molecular weight is 502 g/mol. The zero-order chi connectivity index (χ0) is 25.9. The van der Waals surface area contributed by atoms with Gasteiger partial charge >= 0.3 is 0 Å². The van der Waals surface area contributed by atoms with E-state index < -0.39 is 5.78 Å². The van der Waals surface area contributed by atoms with E-state index in [1.54, 1.807) is 48.5 Å². The Balaban J connectivity index is 1.36. The second-order valence-electron chi connectivity index (χ2n) is 9.87. The van der Waals surface area contributed by atoms with Crippen LogP contribution in [0.15, 0.2) is 54.6 Å². The van der Waals surface area contributed by atoms with E-state index in [-0.39, 0.29) is 46.5 Å². The highest BCUT2D eigenvalue weighted by Gasteiger charge is 2.34. The Kier molecular flexibility index (Phi) is 7.15. The molecule has 3 aromatic rings. The van der Waals surface area contributed by atoms with E-state index in [4.69, 9.17) is 4.74 Å². The van der Waals surface area contributed by atoms with Crippen molar-refractivity contribution in [1.82, 2.24) is 4.90 Å². The molecule has 1 aliphatic carbocycles. The fourth-order valence-electron chi connectivity index (χ4n) is 5.43. The highest BCUT2D eigenvalue weighted by molar-refractivity contribution is 6.14. The average Bonchev–Trinajstić information content (AvgIpc) is 2.89. The second kappa shape index (κ2) is 10.6. The van der Waals surface area contributed by atoms with Gasteiger partial charge in [0.15, 0.2) is 11.6 Å². The van der Waals surface area contributed by atoms with Crippen molar-refractivity contribution in [3.05, 3.63) is 82.4 Å². The smallest absolute Gasteiger partial charge is 0.197 e. The van der Waals surface area contributed by atoms with Crippen molar-refractivity contribution < 1.29 is 29.6 Å². The van der Waals surface area contributed by atoms with Gasteiger partial charge in [-0.05, 0) is 85.8 Å². The van der Waals surface area contributed by atoms with Gasteiger partial charge in [0.1, 0.15) is 29.6 Å². The first-order valence-corrected chi connectivity index (χ1v) is 12.8. The number of hydrogen-bond acceptors (Lipinski definition) is 7. The number of carbonyl (C=O) groups is 2. The van der Waals surface area contributed by atoms with Crippen LogP contribution in [0.1, 0.15) is 69.0 Å². The maximum absolute atomic E-state index is 13.5. The summed E-state index contributed by atoms with van der Waals surface area (Å²) < 4.78 is 5.87. The molecular weight excluding hydrogens is 470 g/mol. The van der Waals surface area contributed by atoms with Crippen LogP contribution in [0, 0.1) is 0 Å². The molecule has 0 aromatic heterocycles. The van der Waals surface area contributed by atoms with Crippen LogP contribution in [-0.2, 0) is 6.42 Å². The lowest BCUT2D eigenvalue weighted by atomic mass is 9.76. The third kappa shape index (κ3) is 5.32. The van der Waals surface area contributed by atoms with Crippen LogP contribution >= 0.6 is 0 Å². The van der Waals surface area contributed by atoms with Crippen LogP contribution in [0.2, 0.25) is 0 Å². The third-order valence-electron chi connectivity index (χ3n) is 7.38. The van der Waals surface area contributed by atoms with Crippen molar-refractivity contribution in [2.75, 3.05) is 26.2 Å². The van der Waals surface area contributed by atoms with Crippen molar-refractivity contribution >= 4 is 11.6 Å². The SMILES string of the molecule is O=C1CC(c2ccc(O)cc2)Cc2c1c(O)cc(O)c2C(=O)c1ccc(OCCN2CCCCC2)cc1. The Morgan fingerprint density at radius 3 is 2.30 bits per heavy atom. The van der Waals surface area contributed by atoms with Crippen LogP contribution in [-0.4, -0.2) is 58.0 Å². The number of nitrogens with zero attached hydrogens (tertiary/aromatic N) is 1. The van der Waals surface area contributed by atoms with Gasteiger partial charge in [-0.15, -0.1) is 0 Å². The molecule has 7 heteroatoms. The summed E-state index contributed by atoms with van der Waals surface area (Å²) in [6.07, 6.45) is 4.20. The predicted octanol–water partition coefficient (Wildman–Crippen LogP) is 4.81. The van der Waals surface area contributed by atoms with Gasteiger partial charge in [0, 0.05) is 24.6 Å². The number of benzene rings is 3. The van der Waals surface area contributed by atoms with Crippen molar-refractivity contribution in [3.63, 3.8) is 0 Å². The molecule has 1 atom stereocenters. The molecule has 0 amide bonds. The largest absolute Gasteiger partial charge is 0.508 e. The van der Waals surface area contributed by atoms with Crippen LogP contribution in [0.4, 0.5) is 0 Å². The molecule has 3 aromatic carbocycles. The van der Waals surface area contributed by atoms with E-state index in [0.29, 0.717) is 29.9 Å². The van der Waals surface area contributed by atoms with Crippen molar-refractivity contribution in [3.8, 4) is 23.0 Å². The van der Waals surface area contributed by atoms with Crippen molar-refractivity contribution in [1.29, 1.82) is 0 Å². The molecule has 37 heavy (non-hydrogen) atoms. The summed E-state index contributed by atoms with van der Waals surface area (Å²) in [6, 6.07) is 14.4. The number of ether oxygens (including phenoxy) is 1. The third-order valence-corrected chi connectivity index (χ3v) is 7.38. The van der Waals surface area contributed by atoms with E-state index in [1.165, 1.54) is 19.3 Å². The fraction of sp³-hybridized carbons (Fsp3) is 0.333. The van der Waals surface area contributed by atoms with E-state index in [2.05, 4.69) is 4.90 Å². The standard InChI is InChI=1S/C30H31NO6/c32-22-8-4-19(5-9-22)21-16-24-28(25(33)17-21)26(34)18-27(35)29(24)30(36)20-6-10-23(11-7-20)37-15-14-31-12-2-1-3-13-31/h4-11,18,21,32,34-35H,1-3,12-17H2. The molecule has 1 saturated heterocycles. The molecule has 5 rings (SSSR count). The first kappa shape index (κ1) is 24.8. The Bertz CT molecular complexity index is 1290. The molecule has 1 heterocycles. The molecule has 0 bridgehead atoms. The summed E-state index contributed by atoms with van der Waals surface area (Å²) in [7, 11) is 0. The Hall–Kier alpha value is -3.84. The number of rotatable bonds is 7. The lowest BCUT2D eigenvalue weighted by Gasteiger charge is -2.27. The zero-order valence-electron chi connectivity index (χ0n) is 20.7. The van der Waals surface area contributed by atoms with Gasteiger partial charge in [0.05, 0.1) is 11.1 Å². The minimum absolute atomic E-state index is 0.0309. The van der Waals surface area contributed by atoms with Crippen LogP contribution in [0.25, 0.3) is 0 Å². The summed E-state index contributed by atoms with van der Waals surface area (Å²) in [5, 5.41) is 30.8. The van der Waals surface area contributed by atoms with Crippen LogP contribution in [0.5, 0.6) is 23.0 Å². The van der Waals surface area contributed by atoms with Crippen molar-refractivity contribution in [2.24, 2.45) is 0 Å². The molecule has 1 aliphatic heterocycles. The van der Waals surface area contributed by atoms with E-state index >= 15 is 0 Å². The molecule has 2 aliphatic rings. The Morgan fingerprint density at radius 2 is 1.59 bits per heavy atom. The first-order chi connectivity index (χ1) is 17.9. The molecule has 1 unspecified atom stereocenters. The number of aromatic hydroxyl groups is 3. The Morgan fingerprint density at radius 1 is 0.892 bits per heavy atom. The van der Waals surface area contributed by atoms with Crippen LogP contribution in [0.3, 0.4) is 0 Å². The monoisotopic (exact) mass is 501 g/mol. The maximum Gasteiger partial charge on any atom is 0.197 e. The molecule has 0 spiro atoms. The topological polar surface area (TPSA) is 107 Å². The summed E-state index contributed by atoms with van der Waals surface area (Å²) in [6.45, 7) is 3.64. The van der Waals surface area contributed by atoms with Gasteiger partial charge in [0.25, 0.3) is 0 Å². The number of fused-ring (bicyclic) bond motifs is 1. The van der Waals surface area contributed by atoms with E-state index in [1.807, 2.05) is 0 Å². The van der Waals surface area contributed by atoms with E-state index in [0.717, 1.165) is 31.3 Å². The second-order valence-corrected chi connectivity index (χ2v) is 9.87. The number of piperidine rings is 1. The number of hydrogen-bond donors (Lipinski definition) is 3. The summed E-state index contributed by atoms with van der Waals surface area (Å²) >= 11 is 0. The number of phenols is 3. The number of ketones is 2. The van der Waals surface area contributed by atoms with Gasteiger partial charge in [-0.2, -0.15) is 0 Å². The van der Waals surface area contributed by atoms with E-state index in [9.17, 15) is 24.9 Å². The number of Topliss-reactive ketones (excluding diaryl/α,β-unsaturated/α-hetero) is 1. The molecule has 1 fully saturated rings. The minimum atomic E-state index is -0.423. The normalized spacial score (nSPS) is 17.8. The van der Waals surface area contributed by atoms with Gasteiger partial charge < -0.3 is 20.1 Å². The molecular formula is C30H31NO6. The maximum atomic E-state index is 13.5. The lowest BCUT2D eigenvalue weighted by molar-refractivity contribution is 0.0961. The van der Waals surface area contributed by atoms with Gasteiger partial charge in [-0.25, -0.2) is 0 Å².